The van der Waals surface area contributed by atoms with Gasteiger partial charge in [0, 0.05) is 22.6 Å². The van der Waals surface area contributed by atoms with Crippen LogP contribution in [-0.2, 0) is 4.79 Å². The second kappa shape index (κ2) is 9.00. The maximum atomic E-state index is 13.5. The molecule has 0 aliphatic rings. The maximum Gasteiger partial charge on any atom is 0.272 e. The molecule has 0 N–H and O–H groups in total. The molecule has 0 saturated heterocycles. The van der Waals surface area contributed by atoms with E-state index in [9.17, 15) is 4.79 Å². The summed E-state index contributed by atoms with van der Waals surface area (Å²) in [4.78, 5) is 22.0. The molecule has 0 radical (unpaired) electrons. The highest BCUT2D eigenvalue weighted by Gasteiger charge is 2.36. The van der Waals surface area contributed by atoms with Crippen LogP contribution < -0.4 is 9.64 Å². The van der Waals surface area contributed by atoms with Crippen LogP contribution in [0.5, 0.6) is 5.75 Å². The van der Waals surface area contributed by atoms with Crippen molar-refractivity contribution in [3.05, 3.63) is 52.0 Å². The van der Waals surface area contributed by atoms with Gasteiger partial charge in [0.2, 0.25) is 0 Å². The SMILES string of the molecule is CN(C)CCN(C(=O)C(C)(C)Oc1ccc(Cl)cc1)c1nc2ccc(Br)cc2s1. The zero-order valence-electron chi connectivity index (χ0n) is 16.8. The van der Waals surface area contributed by atoms with E-state index < -0.39 is 5.60 Å². The molecule has 5 nitrogen and oxygen atoms in total. The molecule has 0 bridgehead atoms. The fraction of sp³-hybridized carbons (Fsp3) is 0.333. The van der Waals surface area contributed by atoms with E-state index in [4.69, 9.17) is 21.3 Å². The molecule has 0 fully saturated rings. The molecule has 0 atom stereocenters. The van der Waals surface area contributed by atoms with E-state index in [0.717, 1.165) is 14.7 Å². The number of likely N-dealkylation sites (N-methyl/N-ethyl adjacent to an activating group) is 1. The first-order chi connectivity index (χ1) is 13.7. The molecule has 2 aromatic carbocycles. The lowest BCUT2D eigenvalue weighted by molar-refractivity contribution is -0.131. The first-order valence-electron chi connectivity index (χ1n) is 9.13. The van der Waals surface area contributed by atoms with Gasteiger partial charge in [-0.15, -0.1) is 0 Å². The molecule has 154 valence electrons. The van der Waals surface area contributed by atoms with Crippen LogP contribution in [0.4, 0.5) is 5.13 Å². The van der Waals surface area contributed by atoms with E-state index in [2.05, 4.69) is 15.9 Å². The number of halogens is 2. The number of hydrogen-bond acceptors (Lipinski definition) is 5. The number of carbonyl (C=O) groups is 1. The van der Waals surface area contributed by atoms with E-state index in [0.29, 0.717) is 29.0 Å². The standard InChI is InChI=1S/C21H23BrClN3O2S/c1-21(2,28-16-8-6-15(23)7-9-16)19(27)26(12-11-25(3)4)20-24-17-10-5-14(22)13-18(17)29-20/h5-10,13H,11-12H2,1-4H3. The summed E-state index contributed by atoms with van der Waals surface area (Å²) in [6.07, 6.45) is 0. The maximum absolute atomic E-state index is 13.5. The van der Waals surface area contributed by atoms with E-state index in [-0.39, 0.29) is 5.91 Å². The Kier molecular flexibility index (Phi) is 6.83. The number of ether oxygens (including phenoxy) is 1. The third kappa shape index (κ3) is 5.48. The highest BCUT2D eigenvalue weighted by Crippen LogP contribution is 2.32. The number of amides is 1. The van der Waals surface area contributed by atoms with Crippen LogP contribution in [0.15, 0.2) is 46.9 Å². The average molecular weight is 497 g/mol. The Labute approximate surface area is 188 Å². The molecule has 0 unspecified atom stereocenters. The molecule has 3 rings (SSSR count). The largest absolute Gasteiger partial charge is 0.478 e. The van der Waals surface area contributed by atoms with Crippen molar-refractivity contribution >= 4 is 60.1 Å². The van der Waals surface area contributed by atoms with Crippen LogP contribution in [0.25, 0.3) is 10.2 Å². The van der Waals surface area contributed by atoms with Crippen LogP contribution in [0.3, 0.4) is 0 Å². The number of thiazole rings is 1. The Morgan fingerprint density at radius 2 is 1.86 bits per heavy atom. The smallest absolute Gasteiger partial charge is 0.272 e. The number of rotatable bonds is 7. The van der Waals surface area contributed by atoms with Crippen LogP contribution in [0, 0.1) is 0 Å². The van der Waals surface area contributed by atoms with E-state index in [1.165, 1.54) is 11.3 Å². The van der Waals surface area contributed by atoms with Crippen LogP contribution in [0.1, 0.15) is 13.8 Å². The van der Waals surface area contributed by atoms with Crippen molar-refractivity contribution in [1.29, 1.82) is 0 Å². The Morgan fingerprint density at radius 3 is 2.52 bits per heavy atom. The zero-order chi connectivity index (χ0) is 21.2. The molecule has 0 aliphatic heterocycles. The minimum Gasteiger partial charge on any atom is -0.478 e. The van der Waals surface area contributed by atoms with Gasteiger partial charge in [-0.1, -0.05) is 38.9 Å². The monoisotopic (exact) mass is 495 g/mol. The Balaban J connectivity index is 1.91. The number of nitrogens with zero attached hydrogens (tertiary/aromatic N) is 3. The first kappa shape index (κ1) is 22.0. The fourth-order valence-electron chi connectivity index (χ4n) is 2.75. The summed E-state index contributed by atoms with van der Waals surface area (Å²) >= 11 is 10.9. The summed E-state index contributed by atoms with van der Waals surface area (Å²) in [5, 5.41) is 1.28. The summed E-state index contributed by atoms with van der Waals surface area (Å²) in [6, 6.07) is 12.9. The lowest BCUT2D eigenvalue weighted by Crippen LogP contribution is -2.50. The molecule has 0 saturated carbocycles. The van der Waals surface area contributed by atoms with Gasteiger partial charge in [-0.05, 0) is 70.4 Å². The van der Waals surface area contributed by atoms with Crippen LogP contribution in [-0.4, -0.2) is 48.6 Å². The third-order valence-corrected chi connectivity index (χ3v) is 6.07. The predicted octanol–water partition coefficient (Wildman–Crippen LogP) is 5.46. The number of carbonyl (C=O) groups excluding carboxylic acids is 1. The van der Waals surface area contributed by atoms with Crippen LogP contribution >= 0.6 is 38.9 Å². The number of fused-ring (bicyclic) bond motifs is 1. The van der Waals surface area contributed by atoms with E-state index >= 15 is 0 Å². The summed E-state index contributed by atoms with van der Waals surface area (Å²) in [5.74, 6) is 0.445. The van der Waals surface area contributed by atoms with Gasteiger partial charge in [0.15, 0.2) is 10.7 Å². The van der Waals surface area contributed by atoms with Crippen molar-refractivity contribution in [2.24, 2.45) is 0 Å². The van der Waals surface area contributed by atoms with Crippen molar-refractivity contribution in [3.63, 3.8) is 0 Å². The molecule has 1 aromatic heterocycles. The highest BCUT2D eigenvalue weighted by molar-refractivity contribution is 9.10. The molecule has 1 heterocycles. The molecule has 8 heteroatoms. The summed E-state index contributed by atoms with van der Waals surface area (Å²) in [5.41, 5.74) is -0.203. The van der Waals surface area contributed by atoms with Crippen molar-refractivity contribution in [1.82, 2.24) is 9.88 Å². The molecular weight excluding hydrogens is 474 g/mol. The van der Waals surface area contributed by atoms with Crippen molar-refractivity contribution in [2.45, 2.75) is 19.4 Å². The molecule has 0 aliphatic carbocycles. The van der Waals surface area contributed by atoms with Crippen molar-refractivity contribution in [2.75, 3.05) is 32.1 Å². The normalized spacial score (nSPS) is 11.8. The number of benzene rings is 2. The second-order valence-corrected chi connectivity index (χ2v) is 9.80. The number of hydrogen-bond donors (Lipinski definition) is 0. The minimum absolute atomic E-state index is 0.146. The lowest BCUT2D eigenvalue weighted by Gasteiger charge is -2.31. The molecule has 3 aromatic rings. The van der Waals surface area contributed by atoms with Gasteiger partial charge in [-0.3, -0.25) is 9.69 Å². The number of aromatic nitrogens is 1. The molecule has 29 heavy (non-hydrogen) atoms. The summed E-state index contributed by atoms with van der Waals surface area (Å²) < 4.78 is 8.03. The zero-order valence-corrected chi connectivity index (χ0v) is 19.9. The quantitative estimate of drug-likeness (QED) is 0.435. The van der Waals surface area contributed by atoms with Gasteiger partial charge >= 0.3 is 0 Å². The third-order valence-electron chi connectivity index (χ3n) is 4.29. The second-order valence-electron chi connectivity index (χ2n) is 7.43. The molecule has 1 amide bonds. The summed E-state index contributed by atoms with van der Waals surface area (Å²) in [7, 11) is 3.96. The number of anilines is 1. The lowest BCUT2D eigenvalue weighted by atomic mass is 10.1. The first-order valence-corrected chi connectivity index (χ1v) is 11.1. The predicted molar refractivity (Wildman–Crippen MR) is 124 cm³/mol. The average Bonchev–Trinajstić information content (AvgIpc) is 3.06. The van der Waals surface area contributed by atoms with Crippen molar-refractivity contribution < 1.29 is 9.53 Å². The molecule has 0 spiro atoms. The van der Waals surface area contributed by atoms with Gasteiger partial charge < -0.3 is 9.64 Å². The topological polar surface area (TPSA) is 45.7 Å². The fourth-order valence-corrected chi connectivity index (χ4v) is 4.42. The van der Waals surface area contributed by atoms with E-state index in [1.807, 2.05) is 37.2 Å². The Hall–Kier alpha value is -1.67. The van der Waals surface area contributed by atoms with Crippen molar-refractivity contribution in [3.8, 4) is 5.75 Å². The van der Waals surface area contributed by atoms with Gasteiger partial charge in [0.05, 0.1) is 10.2 Å². The van der Waals surface area contributed by atoms with E-state index in [1.54, 1.807) is 43.0 Å². The molecular formula is C21H23BrClN3O2S. The van der Waals surface area contributed by atoms with Crippen LogP contribution in [0.2, 0.25) is 5.02 Å². The summed E-state index contributed by atoms with van der Waals surface area (Å²) in [6.45, 7) is 4.77. The van der Waals surface area contributed by atoms with Gasteiger partial charge in [-0.25, -0.2) is 4.98 Å². The van der Waals surface area contributed by atoms with Gasteiger partial charge in [0.1, 0.15) is 5.75 Å². The minimum atomic E-state index is -1.07. The van der Waals surface area contributed by atoms with Gasteiger partial charge in [0.25, 0.3) is 5.91 Å². The highest BCUT2D eigenvalue weighted by atomic mass is 79.9. The Morgan fingerprint density at radius 1 is 1.17 bits per heavy atom. The Bertz CT molecular complexity index is 1000. The van der Waals surface area contributed by atoms with Gasteiger partial charge in [-0.2, -0.15) is 0 Å².